The van der Waals surface area contributed by atoms with E-state index in [1.165, 1.54) is 0 Å². The van der Waals surface area contributed by atoms with E-state index in [0.717, 1.165) is 19.4 Å². The molecule has 1 heterocycles. The van der Waals surface area contributed by atoms with Crippen LogP contribution in [0.15, 0.2) is 0 Å². The van der Waals surface area contributed by atoms with E-state index in [0.29, 0.717) is 18.4 Å². The van der Waals surface area contributed by atoms with Crippen molar-refractivity contribution in [3.63, 3.8) is 0 Å². The molecule has 1 aliphatic heterocycles. The average Bonchev–Trinajstić information content (AvgIpc) is 1.85. The van der Waals surface area contributed by atoms with Crippen LogP contribution in [0.1, 0.15) is 26.2 Å². The van der Waals surface area contributed by atoms with Crippen LogP contribution in [0.5, 0.6) is 0 Å². The Bertz CT molecular complexity index is 147. The summed E-state index contributed by atoms with van der Waals surface area (Å²) in [6.45, 7) is 3.08. The van der Waals surface area contributed by atoms with Gasteiger partial charge < -0.3 is 10.4 Å². The monoisotopic (exact) mass is 157 g/mol. The predicted octanol–water partition coefficient (Wildman–Crippen LogP) is 0.849. The van der Waals surface area contributed by atoms with E-state index in [-0.39, 0.29) is 0 Å². The molecule has 1 saturated heterocycles. The molecule has 0 aliphatic carbocycles. The number of carbonyl (C=O) groups is 1. The summed E-state index contributed by atoms with van der Waals surface area (Å²) in [6.07, 6.45) is 2.36. The zero-order valence-corrected chi connectivity index (χ0v) is 6.84. The Labute approximate surface area is 66.8 Å². The molecule has 2 atom stereocenters. The second-order valence-electron chi connectivity index (χ2n) is 3.34. The highest BCUT2D eigenvalue weighted by Crippen LogP contribution is 2.18. The van der Waals surface area contributed by atoms with E-state index < -0.39 is 5.97 Å². The van der Waals surface area contributed by atoms with Crippen molar-refractivity contribution in [1.29, 1.82) is 0 Å². The van der Waals surface area contributed by atoms with Crippen molar-refractivity contribution in [2.75, 3.05) is 6.54 Å². The fraction of sp³-hybridized carbons (Fsp3) is 0.875. The summed E-state index contributed by atoms with van der Waals surface area (Å²) in [5.74, 6) is -0.271. The van der Waals surface area contributed by atoms with Gasteiger partial charge in [-0.05, 0) is 32.2 Å². The van der Waals surface area contributed by atoms with Crippen molar-refractivity contribution in [2.24, 2.45) is 5.92 Å². The molecule has 3 nitrogen and oxygen atoms in total. The van der Waals surface area contributed by atoms with Crippen LogP contribution in [0.25, 0.3) is 0 Å². The molecule has 11 heavy (non-hydrogen) atoms. The number of nitrogens with one attached hydrogen (secondary N) is 1. The van der Waals surface area contributed by atoms with Gasteiger partial charge >= 0.3 is 5.97 Å². The largest absolute Gasteiger partial charge is 0.481 e. The van der Waals surface area contributed by atoms with Crippen LogP contribution >= 0.6 is 0 Å². The molecule has 1 aliphatic rings. The van der Waals surface area contributed by atoms with Crippen molar-refractivity contribution in [2.45, 2.75) is 32.2 Å². The number of aliphatic carboxylic acids is 1. The van der Waals surface area contributed by atoms with Gasteiger partial charge in [-0.2, -0.15) is 0 Å². The van der Waals surface area contributed by atoms with E-state index >= 15 is 0 Å². The summed E-state index contributed by atoms with van der Waals surface area (Å²) in [6, 6.07) is 0.494. The highest BCUT2D eigenvalue weighted by atomic mass is 16.4. The second kappa shape index (κ2) is 3.72. The van der Waals surface area contributed by atoms with E-state index in [9.17, 15) is 4.79 Å². The minimum absolute atomic E-state index is 0.339. The van der Waals surface area contributed by atoms with Crippen molar-refractivity contribution in [1.82, 2.24) is 5.32 Å². The lowest BCUT2D eigenvalue weighted by molar-refractivity contribution is -0.138. The molecule has 1 fully saturated rings. The Kier molecular flexibility index (Phi) is 2.88. The van der Waals surface area contributed by atoms with Gasteiger partial charge in [-0.25, -0.2) is 0 Å². The summed E-state index contributed by atoms with van der Waals surface area (Å²) >= 11 is 0. The van der Waals surface area contributed by atoms with E-state index in [4.69, 9.17) is 5.11 Å². The first-order valence-corrected chi connectivity index (χ1v) is 4.13. The lowest BCUT2D eigenvalue weighted by atomic mass is 9.91. The Balaban J connectivity index is 2.28. The smallest absolute Gasteiger partial charge is 0.303 e. The van der Waals surface area contributed by atoms with Crippen LogP contribution in [0, 0.1) is 5.92 Å². The molecular weight excluding hydrogens is 142 g/mol. The Morgan fingerprint density at radius 3 is 3.00 bits per heavy atom. The third kappa shape index (κ3) is 2.89. The third-order valence-electron chi connectivity index (χ3n) is 2.20. The quantitative estimate of drug-likeness (QED) is 0.624. The maximum absolute atomic E-state index is 10.4. The second-order valence-corrected chi connectivity index (χ2v) is 3.34. The van der Waals surface area contributed by atoms with E-state index in [1.54, 1.807) is 0 Å². The lowest BCUT2D eigenvalue weighted by Gasteiger charge is -2.26. The van der Waals surface area contributed by atoms with Crippen LogP contribution < -0.4 is 5.32 Å². The van der Waals surface area contributed by atoms with Gasteiger partial charge in [0.25, 0.3) is 0 Å². The molecule has 0 unspecified atom stereocenters. The summed E-state index contributed by atoms with van der Waals surface area (Å²) < 4.78 is 0. The van der Waals surface area contributed by atoms with E-state index in [2.05, 4.69) is 12.2 Å². The zero-order chi connectivity index (χ0) is 8.27. The van der Waals surface area contributed by atoms with Gasteiger partial charge in [0.15, 0.2) is 0 Å². The molecule has 0 aromatic heterocycles. The summed E-state index contributed by atoms with van der Waals surface area (Å²) in [7, 11) is 0. The fourth-order valence-electron chi connectivity index (χ4n) is 1.67. The van der Waals surface area contributed by atoms with Crippen molar-refractivity contribution in [3.05, 3.63) is 0 Å². The van der Waals surface area contributed by atoms with Crippen molar-refractivity contribution < 1.29 is 9.90 Å². The molecule has 64 valence electrons. The van der Waals surface area contributed by atoms with Gasteiger partial charge in [0, 0.05) is 12.5 Å². The van der Waals surface area contributed by atoms with Crippen LogP contribution in [0.3, 0.4) is 0 Å². The maximum Gasteiger partial charge on any atom is 0.303 e. The normalized spacial score (nSPS) is 31.7. The molecule has 0 amide bonds. The molecule has 0 radical (unpaired) electrons. The molecule has 3 heteroatoms. The van der Waals surface area contributed by atoms with Crippen LogP contribution in [0.2, 0.25) is 0 Å². The van der Waals surface area contributed by atoms with Crippen molar-refractivity contribution >= 4 is 5.97 Å². The zero-order valence-electron chi connectivity index (χ0n) is 6.84. The summed E-state index contributed by atoms with van der Waals surface area (Å²) in [5.41, 5.74) is 0. The number of hydrogen-bond acceptors (Lipinski definition) is 2. The Morgan fingerprint density at radius 1 is 1.73 bits per heavy atom. The highest BCUT2D eigenvalue weighted by Gasteiger charge is 2.20. The molecule has 0 spiro atoms. The van der Waals surface area contributed by atoms with Gasteiger partial charge in [0.05, 0.1) is 0 Å². The molecule has 0 aromatic carbocycles. The number of carboxylic acid groups (broad SMARTS) is 1. The first-order valence-electron chi connectivity index (χ1n) is 4.13. The lowest BCUT2D eigenvalue weighted by Crippen LogP contribution is -2.36. The number of carboxylic acids is 1. The number of piperidine rings is 1. The van der Waals surface area contributed by atoms with E-state index in [1.807, 2.05) is 0 Å². The number of hydrogen-bond donors (Lipinski definition) is 2. The average molecular weight is 157 g/mol. The topological polar surface area (TPSA) is 49.3 Å². The fourth-order valence-corrected chi connectivity index (χ4v) is 1.67. The maximum atomic E-state index is 10.4. The predicted molar refractivity (Wildman–Crippen MR) is 42.4 cm³/mol. The summed E-state index contributed by atoms with van der Waals surface area (Å²) in [4.78, 5) is 10.4. The molecule has 0 aromatic rings. The Hall–Kier alpha value is -0.570. The molecular formula is C8H15NO2. The minimum Gasteiger partial charge on any atom is -0.481 e. The molecule has 0 saturated carbocycles. The summed E-state index contributed by atoms with van der Waals surface area (Å²) in [5, 5.41) is 11.8. The van der Waals surface area contributed by atoms with Crippen LogP contribution in [-0.4, -0.2) is 23.7 Å². The van der Waals surface area contributed by atoms with Gasteiger partial charge in [-0.15, -0.1) is 0 Å². The standard InChI is InChI=1S/C8H15NO2/c1-6-4-7(2-3-9-6)5-8(10)11/h6-7,9H,2-5H2,1H3,(H,10,11)/t6-,7+/m1/s1. The molecule has 2 N–H and O–H groups in total. The first kappa shape index (κ1) is 8.53. The van der Waals surface area contributed by atoms with Crippen molar-refractivity contribution in [3.8, 4) is 0 Å². The molecule has 1 rings (SSSR count). The van der Waals surface area contributed by atoms with Crippen LogP contribution in [0.4, 0.5) is 0 Å². The van der Waals surface area contributed by atoms with Gasteiger partial charge in [0.2, 0.25) is 0 Å². The van der Waals surface area contributed by atoms with Crippen LogP contribution in [-0.2, 0) is 4.79 Å². The first-order chi connectivity index (χ1) is 5.18. The minimum atomic E-state index is -0.663. The van der Waals surface area contributed by atoms with Gasteiger partial charge in [-0.3, -0.25) is 4.79 Å². The molecule has 0 bridgehead atoms. The Morgan fingerprint density at radius 2 is 2.45 bits per heavy atom. The van der Waals surface area contributed by atoms with Gasteiger partial charge in [0.1, 0.15) is 0 Å². The SMILES string of the molecule is C[C@@H]1C[C@@H](CC(=O)O)CCN1. The highest BCUT2D eigenvalue weighted by molar-refractivity contribution is 5.67. The van der Waals surface area contributed by atoms with Gasteiger partial charge in [-0.1, -0.05) is 0 Å². The third-order valence-corrected chi connectivity index (χ3v) is 2.20. The number of rotatable bonds is 2.